The Bertz CT molecular complexity index is 832. The minimum Gasteiger partial charge on any atom is -0.347 e. The van der Waals surface area contributed by atoms with E-state index in [1.165, 1.54) is 77.0 Å². The van der Waals surface area contributed by atoms with Crippen LogP contribution in [-0.2, 0) is 13.1 Å². The Balaban J connectivity index is 1.28. The minimum atomic E-state index is -0.0588. The maximum absolute atomic E-state index is 14.8. The summed E-state index contributed by atoms with van der Waals surface area (Å²) in [6.07, 6.45) is 18.4. The zero-order chi connectivity index (χ0) is 20.6. The van der Waals surface area contributed by atoms with Crippen LogP contribution in [0.1, 0.15) is 89.5 Å². The first-order valence-electron chi connectivity index (χ1n) is 12.7. The van der Waals surface area contributed by atoms with E-state index in [-0.39, 0.29) is 5.82 Å². The van der Waals surface area contributed by atoms with E-state index in [2.05, 4.69) is 29.1 Å². The zero-order valence-corrected chi connectivity index (χ0v) is 18.8. The van der Waals surface area contributed by atoms with E-state index in [0.29, 0.717) is 5.54 Å². The van der Waals surface area contributed by atoms with E-state index >= 15 is 0 Å². The Kier molecular flexibility index (Phi) is 5.92. The zero-order valence-electron chi connectivity index (χ0n) is 18.8. The highest BCUT2D eigenvalue weighted by atomic mass is 19.1. The van der Waals surface area contributed by atoms with Gasteiger partial charge >= 0.3 is 0 Å². The highest BCUT2D eigenvalue weighted by Gasteiger charge is 2.50. The molecule has 1 aromatic heterocycles. The molecule has 0 radical (unpaired) electrons. The van der Waals surface area contributed by atoms with Crippen LogP contribution in [0, 0.1) is 23.6 Å². The number of nitrogens with zero attached hydrogens (tertiary/aromatic N) is 1. The largest absolute Gasteiger partial charge is 0.347 e. The molecule has 4 fully saturated rings. The molecule has 4 aliphatic rings. The second-order valence-corrected chi connectivity index (χ2v) is 10.8. The summed E-state index contributed by atoms with van der Waals surface area (Å²) in [5.74, 6) is 2.76. The van der Waals surface area contributed by atoms with Crippen LogP contribution in [0.15, 0.2) is 24.4 Å². The monoisotopic (exact) mass is 410 g/mol. The van der Waals surface area contributed by atoms with Crippen molar-refractivity contribution < 1.29 is 4.39 Å². The van der Waals surface area contributed by atoms with Gasteiger partial charge in [-0.15, -0.1) is 0 Å². The van der Waals surface area contributed by atoms with E-state index in [1.807, 2.05) is 6.07 Å². The fraction of sp³-hybridized carbons (Fsp3) is 0.704. The van der Waals surface area contributed by atoms with Gasteiger partial charge in [-0.05, 0) is 80.4 Å². The van der Waals surface area contributed by atoms with Crippen LogP contribution < -0.4 is 5.32 Å². The van der Waals surface area contributed by atoms with Gasteiger partial charge in [0.25, 0.3) is 0 Å². The Hall–Kier alpha value is -1.35. The average Bonchev–Trinajstić information content (AvgIpc) is 3.07. The van der Waals surface area contributed by atoms with Gasteiger partial charge in [0.15, 0.2) is 0 Å². The molecule has 4 aliphatic carbocycles. The molecule has 4 bridgehead atoms. The van der Waals surface area contributed by atoms with Crippen molar-refractivity contribution in [1.82, 2.24) is 9.88 Å². The Morgan fingerprint density at radius 1 is 0.967 bits per heavy atom. The van der Waals surface area contributed by atoms with Gasteiger partial charge in [-0.2, -0.15) is 0 Å². The van der Waals surface area contributed by atoms with Crippen LogP contribution in [0.3, 0.4) is 0 Å². The number of unbranched alkanes of at least 4 members (excludes halogenated alkanes) is 5. The van der Waals surface area contributed by atoms with Crippen LogP contribution >= 0.6 is 0 Å². The molecule has 2 aromatic rings. The number of rotatable bonds is 10. The van der Waals surface area contributed by atoms with Crippen LogP contribution in [0.2, 0.25) is 0 Å². The van der Waals surface area contributed by atoms with Gasteiger partial charge in [0.2, 0.25) is 0 Å². The van der Waals surface area contributed by atoms with Crippen molar-refractivity contribution in [3.63, 3.8) is 0 Å². The molecule has 164 valence electrons. The summed E-state index contributed by atoms with van der Waals surface area (Å²) in [6.45, 7) is 4.08. The normalized spacial score (nSPS) is 29.9. The first-order valence-corrected chi connectivity index (χ1v) is 12.7. The molecule has 0 spiro atoms. The second kappa shape index (κ2) is 8.65. The molecule has 0 unspecified atom stereocenters. The summed E-state index contributed by atoms with van der Waals surface area (Å²) < 4.78 is 17.1. The number of aryl methyl sites for hydroxylation is 1. The molecule has 2 nitrogen and oxygen atoms in total. The SMILES string of the molecule is CCCCCCCCn1cc(CNC23CC4CC(CC(C4)C2)C3)c2c(F)cccc21. The Morgan fingerprint density at radius 2 is 1.63 bits per heavy atom. The predicted molar refractivity (Wildman–Crippen MR) is 123 cm³/mol. The maximum atomic E-state index is 14.8. The van der Waals surface area contributed by atoms with Gasteiger partial charge < -0.3 is 9.88 Å². The highest BCUT2D eigenvalue weighted by Crippen LogP contribution is 2.55. The number of hydrogen-bond acceptors (Lipinski definition) is 1. The standard InChI is InChI=1S/C27H39FN2/c1-2-3-4-5-6-7-11-30-19-23(26-24(28)9-8-10-25(26)30)18-29-27-15-20-12-21(16-27)14-22(13-20)17-27/h8-10,19-22,29H,2-7,11-18H2,1H3. The molecule has 1 aromatic carbocycles. The lowest BCUT2D eigenvalue weighted by Crippen LogP contribution is -2.58. The van der Waals surface area contributed by atoms with E-state index in [9.17, 15) is 4.39 Å². The summed E-state index contributed by atoms with van der Waals surface area (Å²) in [5.41, 5.74) is 2.56. The maximum Gasteiger partial charge on any atom is 0.132 e. The van der Waals surface area contributed by atoms with Gasteiger partial charge in [0, 0.05) is 30.2 Å². The lowest BCUT2D eigenvalue weighted by atomic mass is 9.53. The van der Waals surface area contributed by atoms with Gasteiger partial charge in [0.05, 0.1) is 5.52 Å². The van der Waals surface area contributed by atoms with Crippen molar-refractivity contribution in [2.75, 3.05) is 0 Å². The molecule has 0 amide bonds. The number of nitrogens with one attached hydrogen (secondary N) is 1. The smallest absolute Gasteiger partial charge is 0.132 e. The summed E-state index contributed by atoms with van der Waals surface area (Å²) in [4.78, 5) is 0. The lowest BCUT2D eigenvalue weighted by Gasteiger charge is -2.57. The van der Waals surface area contributed by atoms with E-state index < -0.39 is 0 Å². The Morgan fingerprint density at radius 3 is 2.33 bits per heavy atom. The molecule has 0 aliphatic heterocycles. The third kappa shape index (κ3) is 4.07. The van der Waals surface area contributed by atoms with Crippen molar-refractivity contribution in [3.8, 4) is 0 Å². The first-order chi connectivity index (χ1) is 14.7. The van der Waals surface area contributed by atoms with Crippen LogP contribution in [0.4, 0.5) is 4.39 Å². The van der Waals surface area contributed by atoms with Crippen molar-refractivity contribution in [2.45, 2.75) is 103 Å². The summed E-state index contributed by atoms with van der Waals surface area (Å²) in [7, 11) is 0. The van der Waals surface area contributed by atoms with E-state index in [4.69, 9.17) is 0 Å². The third-order valence-electron chi connectivity index (χ3n) is 8.38. The minimum absolute atomic E-state index is 0.0588. The summed E-state index contributed by atoms with van der Waals surface area (Å²) >= 11 is 0. The van der Waals surface area contributed by atoms with E-state index in [0.717, 1.165) is 47.3 Å². The highest BCUT2D eigenvalue weighted by molar-refractivity contribution is 5.84. The summed E-state index contributed by atoms with van der Waals surface area (Å²) in [6, 6.07) is 5.60. The molecule has 3 heteroatoms. The molecule has 0 saturated heterocycles. The fourth-order valence-electron chi connectivity index (χ4n) is 7.38. The Labute approximate surface area is 181 Å². The van der Waals surface area contributed by atoms with Gasteiger partial charge in [-0.25, -0.2) is 4.39 Å². The topological polar surface area (TPSA) is 17.0 Å². The van der Waals surface area contributed by atoms with Crippen molar-refractivity contribution in [2.24, 2.45) is 17.8 Å². The molecule has 1 N–H and O–H groups in total. The fourth-order valence-corrected chi connectivity index (χ4v) is 7.38. The third-order valence-corrected chi connectivity index (χ3v) is 8.38. The van der Waals surface area contributed by atoms with Crippen LogP contribution in [-0.4, -0.2) is 10.1 Å². The van der Waals surface area contributed by atoms with Crippen molar-refractivity contribution >= 4 is 10.9 Å². The van der Waals surface area contributed by atoms with Crippen LogP contribution in [0.25, 0.3) is 10.9 Å². The molecular formula is C27H39FN2. The molecular weight excluding hydrogens is 371 g/mol. The summed E-state index contributed by atoms with van der Waals surface area (Å²) in [5, 5.41) is 4.83. The van der Waals surface area contributed by atoms with Crippen molar-refractivity contribution in [1.29, 1.82) is 0 Å². The van der Waals surface area contributed by atoms with Gasteiger partial charge in [0.1, 0.15) is 5.82 Å². The lowest BCUT2D eigenvalue weighted by molar-refractivity contribution is -0.0205. The molecule has 4 saturated carbocycles. The molecule has 1 heterocycles. The first kappa shape index (κ1) is 20.5. The number of benzene rings is 1. The molecule has 0 atom stereocenters. The predicted octanol–water partition coefficient (Wildman–Crippen LogP) is 7.20. The quantitative estimate of drug-likeness (QED) is 0.410. The number of fused-ring (bicyclic) bond motifs is 1. The van der Waals surface area contributed by atoms with Crippen molar-refractivity contribution in [3.05, 3.63) is 35.8 Å². The van der Waals surface area contributed by atoms with Gasteiger partial charge in [-0.1, -0.05) is 45.1 Å². The molecule has 30 heavy (non-hydrogen) atoms. The molecule has 6 rings (SSSR count). The number of aromatic nitrogens is 1. The van der Waals surface area contributed by atoms with Gasteiger partial charge in [-0.3, -0.25) is 0 Å². The average molecular weight is 411 g/mol. The second-order valence-electron chi connectivity index (χ2n) is 10.8. The van der Waals surface area contributed by atoms with Crippen LogP contribution in [0.5, 0.6) is 0 Å². The number of halogens is 1. The number of hydrogen-bond donors (Lipinski definition) is 1. The van der Waals surface area contributed by atoms with E-state index in [1.54, 1.807) is 6.07 Å².